The highest BCUT2D eigenvalue weighted by molar-refractivity contribution is 7.10. The van der Waals surface area contributed by atoms with Crippen LogP contribution in [-0.4, -0.2) is 41.3 Å². The van der Waals surface area contributed by atoms with Gasteiger partial charge in [-0.25, -0.2) is 4.79 Å². The number of thiophene rings is 1. The number of rotatable bonds is 3. The average molecular weight is 438 g/mol. The molecule has 2 amide bonds. The first-order valence-electron chi connectivity index (χ1n) is 9.02. The van der Waals surface area contributed by atoms with Crippen molar-refractivity contribution in [2.24, 2.45) is 0 Å². The Kier molecular flexibility index (Phi) is 5.29. The lowest BCUT2D eigenvalue weighted by Gasteiger charge is -2.51. The van der Waals surface area contributed by atoms with Crippen LogP contribution in [0.15, 0.2) is 53.9 Å². The summed E-state index contributed by atoms with van der Waals surface area (Å²) >= 11 is 1.42. The van der Waals surface area contributed by atoms with E-state index in [1.165, 1.54) is 35.5 Å². The number of methoxy groups -OCH3 is 1. The van der Waals surface area contributed by atoms with E-state index in [-0.39, 0.29) is 17.9 Å². The zero-order valence-electron chi connectivity index (χ0n) is 15.7. The van der Waals surface area contributed by atoms with Crippen molar-refractivity contribution in [3.05, 3.63) is 69.9 Å². The highest BCUT2D eigenvalue weighted by Crippen LogP contribution is 2.41. The third-order valence-corrected chi connectivity index (χ3v) is 5.81. The van der Waals surface area contributed by atoms with E-state index in [0.717, 1.165) is 22.1 Å². The number of nitrogens with zero attached hydrogens (tertiary/aromatic N) is 2. The number of hydrogen-bond donors (Lipinski definition) is 0. The van der Waals surface area contributed by atoms with Crippen molar-refractivity contribution in [1.82, 2.24) is 9.96 Å². The molecule has 3 aliphatic rings. The van der Waals surface area contributed by atoms with Crippen molar-refractivity contribution in [3.8, 4) is 0 Å². The Bertz CT molecular complexity index is 977. The Hall–Kier alpha value is -2.85. The maximum absolute atomic E-state index is 13.2. The predicted molar refractivity (Wildman–Crippen MR) is 101 cm³/mol. The van der Waals surface area contributed by atoms with E-state index in [1.807, 2.05) is 17.5 Å². The first-order chi connectivity index (χ1) is 14.3. The molecule has 0 aliphatic carbocycles. The second-order valence-corrected chi connectivity index (χ2v) is 7.82. The minimum Gasteiger partial charge on any atom is -0.453 e. The van der Waals surface area contributed by atoms with Crippen LogP contribution in [0.5, 0.6) is 0 Å². The number of alkyl halides is 3. The van der Waals surface area contributed by atoms with Crippen LogP contribution in [0.4, 0.5) is 18.0 Å². The first-order valence-corrected chi connectivity index (χ1v) is 9.90. The third kappa shape index (κ3) is 3.68. The molecule has 3 atom stereocenters. The fourth-order valence-corrected chi connectivity index (χ4v) is 4.33. The Morgan fingerprint density at radius 2 is 2.00 bits per heavy atom. The Balaban J connectivity index is 1.67. The standard InChI is InChI=1S/C20H17F3N2O4S/c1-28-19(27)24-16-8-7-15(29-25(16)17(26)11-14-6-3-9-30-14)18(24)12-4-2-5-13(10-12)20(21,22)23/h2-10,15-16,18H,11H2,1H3/t15-,16+,18+/m0/s1. The summed E-state index contributed by atoms with van der Waals surface area (Å²) in [5, 5.41) is 2.93. The van der Waals surface area contributed by atoms with Crippen molar-refractivity contribution in [3.63, 3.8) is 0 Å². The number of carbonyl (C=O) groups excluding carboxylic acids is 2. The average Bonchev–Trinajstić information content (AvgIpc) is 3.25. The smallest absolute Gasteiger partial charge is 0.416 e. The molecule has 0 radical (unpaired) electrons. The number of amides is 2. The van der Waals surface area contributed by atoms with Crippen LogP contribution in [0.3, 0.4) is 0 Å². The van der Waals surface area contributed by atoms with E-state index in [0.29, 0.717) is 0 Å². The lowest BCUT2D eigenvalue weighted by atomic mass is 9.93. The van der Waals surface area contributed by atoms with Crippen molar-refractivity contribution in [1.29, 1.82) is 0 Å². The summed E-state index contributed by atoms with van der Waals surface area (Å²) in [6, 6.07) is 7.47. The van der Waals surface area contributed by atoms with Crippen LogP contribution < -0.4 is 0 Å². The first kappa shape index (κ1) is 20.4. The van der Waals surface area contributed by atoms with Crippen LogP contribution in [0, 0.1) is 0 Å². The molecule has 1 saturated heterocycles. The quantitative estimate of drug-likeness (QED) is 0.676. The van der Waals surface area contributed by atoms with E-state index in [1.54, 1.807) is 12.2 Å². The maximum Gasteiger partial charge on any atom is 0.416 e. The number of hydroxylamine groups is 2. The predicted octanol–water partition coefficient (Wildman–Crippen LogP) is 4.16. The van der Waals surface area contributed by atoms with Crippen LogP contribution in [0.2, 0.25) is 0 Å². The van der Waals surface area contributed by atoms with E-state index >= 15 is 0 Å². The van der Waals surface area contributed by atoms with Gasteiger partial charge in [0.1, 0.15) is 6.10 Å². The molecule has 0 unspecified atom stereocenters. The van der Waals surface area contributed by atoms with E-state index in [9.17, 15) is 22.8 Å². The summed E-state index contributed by atoms with van der Waals surface area (Å²) in [4.78, 5) is 33.2. The van der Waals surface area contributed by atoms with Crippen molar-refractivity contribution in [2.45, 2.75) is 30.9 Å². The van der Waals surface area contributed by atoms with Crippen molar-refractivity contribution in [2.75, 3.05) is 7.11 Å². The van der Waals surface area contributed by atoms with Gasteiger partial charge in [0.25, 0.3) is 5.91 Å². The van der Waals surface area contributed by atoms with Gasteiger partial charge in [-0.05, 0) is 35.2 Å². The van der Waals surface area contributed by atoms with Crippen LogP contribution in [-0.2, 0) is 27.0 Å². The molecule has 0 spiro atoms. The molecular weight excluding hydrogens is 421 g/mol. The molecule has 2 bridgehead atoms. The van der Waals surface area contributed by atoms with Gasteiger partial charge in [-0.3, -0.25) is 14.5 Å². The maximum atomic E-state index is 13.2. The largest absolute Gasteiger partial charge is 0.453 e. The molecule has 2 aromatic rings. The van der Waals surface area contributed by atoms with E-state index < -0.39 is 36.1 Å². The van der Waals surface area contributed by atoms with Gasteiger partial charge in [0, 0.05) is 4.88 Å². The fraction of sp³-hybridized carbons (Fsp3) is 0.300. The molecule has 1 aromatic carbocycles. The molecule has 30 heavy (non-hydrogen) atoms. The molecule has 4 heterocycles. The van der Waals surface area contributed by atoms with Gasteiger partial charge in [-0.15, -0.1) is 11.3 Å². The van der Waals surface area contributed by atoms with Crippen molar-refractivity contribution < 1.29 is 32.3 Å². The number of fused-ring (bicyclic) bond motifs is 2. The van der Waals surface area contributed by atoms with Crippen LogP contribution in [0.25, 0.3) is 0 Å². The lowest BCUT2D eigenvalue weighted by molar-refractivity contribution is -0.271. The molecule has 0 saturated carbocycles. The number of ether oxygens (including phenoxy) is 1. The molecule has 5 rings (SSSR count). The minimum atomic E-state index is -4.53. The second-order valence-electron chi connectivity index (χ2n) is 6.79. The zero-order valence-corrected chi connectivity index (χ0v) is 16.5. The Labute approximate surface area is 174 Å². The summed E-state index contributed by atoms with van der Waals surface area (Å²) in [6.07, 6.45) is -3.74. The Morgan fingerprint density at radius 3 is 2.67 bits per heavy atom. The molecule has 1 aromatic heterocycles. The molecule has 6 nitrogen and oxygen atoms in total. The Morgan fingerprint density at radius 1 is 1.20 bits per heavy atom. The summed E-state index contributed by atoms with van der Waals surface area (Å²) in [5.74, 6) is -0.367. The zero-order chi connectivity index (χ0) is 21.5. The van der Waals surface area contributed by atoms with Gasteiger partial charge >= 0.3 is 12.3 Å². The van der Waals surface area contributed by atoms with Crippen molar-refractivity contribution >= 4 is 23.3 Å². The molecular formula is C20H17F3N2O4S. The van der Waals surface area contributed by atoms with E-state index in [2.05, 4.69) is 0 Å². The molecule has 0 N–H and O–H groups in total. The highest BCUT2D eigenvalue weighted by atomic mass is 32.1. The minimum absolute atomic E-state index is 0.0813. The summed E-state index contributed by atoms with van der Waals surface area (Å²) < 4.78 is 44.4. The number of benzene rings is 1. The molecule has 158 valence electrons. The number of halogens is 3. The van der Waals surface area contributed by atoms with Gasteiger partial charge in [-0.2, -0.15) is 18.2 Å². The fourth-order valence-electron chi connectivity index (χ4n) is 3.63. The summed E-state index contributed by atoms with van der Waals surface area (Å²) in [7, 11) is 1.18. The van der Waals surface area contributed by atoms with Gasteiger partial charge < -0.3 is 4.74 Å². The SMILES string of the molecule is COC(=O)N1[C@H](c2cccc(C(F)(F)F)c2)[C@@H]2C=C[C@H]1N(C(=O)Cc1cccs1)O2. The van der Waals surface area contributed by atoms with Crippen LogP contribution in [0.1, 0.15) is 22.0 Å². The molecule has 3 aliphatic heterocycles. The van der Waals surface area contributed by atoms with Gasteiger partial charge in [-0.1, -0.05) is 24.3 Å². The highest BCUT2D eigenvalue weighted by Gasteiger charge is 2.50. The van der Waals surface area contributed by atoms with E-state index in [4.69, 9.17) is 9.57 Å². The summed E-state index contributed by atoms with van der Waals surface area (Å²) in [5.41, 5.74) is -0.596. The topological polar surface area (TPSA) is 59.1 Å². The molecule has 1 fully saturated rings. The lowest BCUT2D eigenvalue weighted by Crippen LogP contribution is -2.63. The number of carbonyl (C=O) groups is 2. The third-order valence-electron chi connectivity index (χ3n) is 4.94. The monoisotopic (exact) mass is 438 g/mol. The van der Waals surface area contributed by atoms with Gasteiger partial charge in [0.2, 0.25) is 0 Å². The summed E-state index contributed by atoms with van der Waals surface area (Å²) in [6.45, 7) is 0. The van der Waals surface area contributed by atoms with Crippen LogP contribution >= 0.6 is 11.3 Å². The van der Waals surface area contributed by atoms with Gasteiger partial charge in [0.15, 0.2) is 6.17 Å². The molecule has 10 heteroatoms. The van der Waals surface area contributed by atoms with Gasteiger partial charge in [0.05, 0.1) is 25.1 Å². The normalized spacial score (nSPS) is 23.0. The second kappa shape index (κ2) is 7.77. The number of hydrogen-bond acceptors (Lipinski definition) is 5.